The molecule has 0 radical (unpaired) electrons. The van der Waals surface area contributed by atoms with Crippen LogP contribution >= 0.6 is 0 Å². The number of fused-ring (bicyclic) bond motifs is 1. The molecule has 7 N–H and O–H groups in total. The van der Waals surface area contributed by atoms with Crippen molar-refractivity contribution in [2.75, 3.05) is 26.2 Å². The van der Waals surface area contributed by atoms with Crippen molar-refractivity contribution in [1.82, 2.24) is 26.2 Å². The summed E-state index contributed by atoms with van der Waals surface area (Å²) >= 11 is 0. The molecule has 0 bridgehead atoms. The molecule has 1 saturated heterocycles. The Morgan fingerprint density at radius 1 is 0.737 bits per heavy atom. The predicted octanol–water partition coefficient (Wildman–Crippen LogP) is 0.0762. The van der Waals surface area contributed by atoms with Gasteiger partial charge in [-0.05, 0) is 77.4 Å². The fourth-order valence-electron chi connectivity index (χ4n) is 5.48. The molecule has 0 spiro atoms. The molecule has 2 aliphatic heterocycles. The van der Waals surface area contributed by atoms with E-state index in [0.29, 0.717) is 10.5 Å². The second kappa shape index (κ2) is 18.3. The lowest BCUT2D eigenvalue weighted by Crippen LogP contribution is -2.66. The first kappa shape index (κ1) is 43.7. The normalized spacial score (nSPS) is 20.9. The van der Waals surface area contributed by atoms with Crippen LogP contribution in [0.4, 0.5) is 4.79 Å². The summed E-state index contributed by atoms with van der Waals surface area (Å²) in [6, 6.07) is 9.76. The van der Waals surface area contributed by atoms with Gasteiger partial charge in [-0.2, -0.15) is 0 Å². The summed E-state index contributed by atoms with van der Waals surface area (Å²) in [6.45, 7) is 7.65. The molecule has 2 heterocycles. The molecule has 5 atom stereocenters. The van der Waals surface area contributed by atoms with E-state index in [1.54, 1.807) is 41.5 Å². The fourth-order valence-corrected chi connectivity index (χ4v) is 5.48. The maximum absolute atomic E-state index is 13.6. The van der Waals surface area contributed by atoms with Gasteiger partial charge >= 0.3 is 12.1 Å². The van der Waals surface area contributed by atoms with Crippen LogP contribution < -0.4 is 21.3 Å². The zero-order chi connectivity index (χ0) is 42.2. The van der Waals surface area contributed by atoms with Crippen LogP contribution in [0.15, 0.2) is 54.3 Å². The first-order valence-electron chi connectivity index (χ1n) is 17.8. The molecule has 19 nitrogen and oxygen atoms in total. The first-order valence-corrected chi connectivity index (χ1v) is 17.8. The summed E-state index contributed by atoms with van der Waals surface area (Å²) < 4.78 is 22.6. The molecule has 2 aromatic rings. The predicted molar refractivity (Wildman–Crippen MR) is 198 cm³/mol. The van der Waals surface area contributed by atoms with Crippen molar-refractivity contribution in [1.29, 1.82) is 0 Å². The number of aliphatic hydroxyl groups excluding tert-OH is 2. The smallest absolute Gasteiger partial charge is 0.408 e. The van der Waals surface area contributed by atoms with Crippen LogP contribution in [0.3, 0.4) is 0 Å². The Kier molecular flexibility index (Phi) is 14.0. The number of benzene rings is 2. The molecular weight excluding hydrogens is 750 g/mol. The molecule has 1 fully saturated rings. The summed E-state index contributed by atoms with van der Waals surface area (Å²) in [5.41, 5.74) is -1.41. The Morgan fingerprint density at radius 2 is 1.25 bits per heavy atom. The van der Waals surface area contributed by atoms with Crippen LogP contribution in [0.5, 0.6) is 5.75 Å². The topological polar surface area (TPSA) is 268 Å². The average Bonchev–Trinajstić information content (AvgIpc) is 3.37. The number of nitrogens with one attached hydrogen (secondary N) is 4. The second-order valence-electron chi connectivity index (χ2n) is 15.0. The van der Waals surface area contributed by atoms with E-state index in [2.05, 4.69) is 21.3 Å². The van der Waals surface area contributed by atoms with Crippen molar-refractivity contribution in [3.05, 3.63) is 71.0 Å². The maximum Gasteiger partial charge on any atom is 0.408 e. The van der Waals surface area contributed by atoms with Gasteiger partial charge in [-0.25, -0.2) is 9.59 Å². The SMILES string of the molecule is CC(C)(C)OC(=O)NCC(=O)NCC(=O)NCC(=O)NC[C@H]1O[C@@H](O/C(=C\c2ccc(O)cc2)C(=O)OC(C)(C)C)[C@H](N2C(=O)c3ccccc3C2=O)[C@@H](O)[C@H]1O. The number of aliphatic hydroxyl groups is 2. The second-order valence-corrected chi connectivity index (χ2v) is 15.0. The van der Waals surface area contributed by atoms with E-state index in [1.165, 1.54) is 54.6 Å². The summed E-state index contributed by atoms with van der Waals surface area (Å²) in [4.78, 5) is 90.0. The molecule has 57 heavy (non-hydrogen) atoms. The number of nitrogens with zero attached hydrogens (tertiary/aromatic N) is 1. The molecule has 19 heteroatoms. The molecule has 308 valence electrons. The van der Waals surface area contributed by atoms with Crippen LogP contribution in [0, 0.1) is 0 Å². The van der Waals surface area contributed by atoms with Crippen molar-refractivity contribution in [3.8, 4) is 5.75 Å². The quantitative estimate of drug-likeness (QED) is 0.0613. The van der Waals surface area contributed by atoms with E-state index in [-0.39, 0.29) is 16.9 Å². The Labute approximate surface area is 327 Å². The summed E-state index contributed by atoms with van der Waals surface area (Å²) in [5.74, 6) is -5.47. The van der Waals surface area contributed by atoms with Gasteiger partial charge in [0.25, 0.3) is 11.8 Å². The van der Waals surface area contributed by atoms with Crippen LogP contribution in [0.1, 0.15) is 67.8 Å². The Balaban J connectivity index is 1.47. The monoisotopic (exact) mass is 797 g/mol. The van der Waals surface area contributed by atoms with Crippen LogP contribution in [-0.2, 0) is 38.1 Å². The highest BCUT2D eigenvalue weighted by molar-refractivity contribution is 6.21. The van der Waals surface area contributed by atoms with Crippen molar-refractivity contribution in [2.45, 2.75) is 83.4 Å². The van der Waals surface area contributed by atoms with Gasteiger partial charge < -0.3 is 55.5 Å². The number of esters is 1. The van der Waals surface area contributed by atoms with Gasteiger partial charge in [0, 0.05) is 6.54 Å². The van der Waals surface area contributed by atoms with Crippen LogP contribution in [0.25, 0.3) is 6.08 Å². The first-order chi connectivity index (χ1) is 26.6. The third-order valence-corrected chi connectivity index (χ3v) is 8.01. The molecule has 6 amide bonds. The number of phenolic OH excluding ortho intramolecular Hbond substituents is 1. The third-order valence-electron chi connectivity index (χ3n) is 8.01. The lowest BCUT2D eigenvalue weighted by atomic mass is 9.95. The van der Waals surface area contributed by atoms with Gasteiger partial charge in [-0.15, -0.1) is 0 Å². The molecule has 4 rings (SSSR count). The van der Waals surface area contributed by atoms with E-state index in [1.807, 2.05) is 0 Å². The van der Waals surface area contributed by atoms with Crippen molar-refractivity contribution in [2.24, 2.45) is 0 Å². The minimum atomic E-state index is -1.95. The number of rotatable bonds is 13. The molecule has 2 aromatic carbocycles. The number of ether oxygens (including phenoxy) is 4. The minimum absolute atomic E-state index is 0.0170. The number of phenols is 1. The number of alkyl carbamates (subject to hydrolysis) is 1. The number of hydrogen-bond acceptors (Lipinski definition) is 14. The van der Waals surface area contributed by atoms with Gasteiger partial charge in [0.05, 0.1) is 24.2 Å². The number of amides is 6. The van der Waals surface area contributed by atoms with Gasteiger partial charge in [0.2, 0.25) is 29.8 Å². The van der Waals surface area contributed by atoms with E-state index in [0.717, 1.165) is 0 Å². The molecule has 0 saturated carbocycles. The third kappa shape index (κ3) is 12.2. The van der Waals surface area contributed by atoms with Gasteiger partial charge in [0.15, 0.2) is 0 Å². The van der Waals surface area contributed by atoms with Crippen molar-refractivity contribution >= 4 is 47.7 Å². The Morgan fingerprint density at radius 3 is 1.77 bits per heavy atom. The van der Waals surface area contributed by atoms with E-state index >= 15 is 0 Å². The molecule has 0 aliphatic carbocycles. The van der Waals surface area contributed by atoms with Crippen molar-refractivity contribution < 1.29 is 67.8 Å². The zero-order valence-electron chi connectivity index (χ0n) is 32.2. The maximum atomic E-state index is 13.6. The largest absolute Gasteiger partial charge is 0.508 e. The highest BCUT2D eigenvalue weighted by Gasteiger charge is 2.54. The molecule has 0 aromatic heterocycles. The molecule has 0 unspecified atom stereocenters. The lowest BCUT2D eigenvalue weighted by Gasteiger charge is -2.45. The van der Waals surface area contributed by atoms with Crippen LogP contribution in [-0.4, -0.2) is 130 Å². The average molecular weight is 798 g/mol. The van der Waals surface area contributed by atoms with Gasteiger partial charge in [-0.3, -0.25) is 28.9 Å². The van der Waals surface area contributed by atoms with Crippen LogP contribution in [0.2, 0.25) is 0 Å². The summed E-state index contributed by atoms with van der Waals surface area (Å²) in [7, 11) is 0. The summed E-state index contributed by atoms with van der Waals surface area (Å²) in [5, 5.41) is 41.7. The number of imide groups is 1. The highest BCUT2D eigenvalue weighted by atomic mass is 16.7. The fraction of sp³-hybridized carbons (Fsp3) is 0.447. The van der Waals surface area contributed by atoms with Gasteiger partial charge in [0.1, 0.15) is 47.9 Å². The molecule has 2 aliphatic rings. The minimum Gasteiger partial charge on any atom is -0.508 e. The Hall–Kier alpha value is -6.05. The number of hydrogen-bond donors (Lipinski definition) is 7. The van der Waals surface area contributed by atoms with E-state index in [9.17, 15) is 48.9 Å². The summed E-state index contributed by atoms with van der Waals surface area (Å²) in [6.07, 6.45) is -6.69. The Bertz CT molecular complexity index is 1850. The lowest BCUT2D eigenvalue weighted by molar-refractivity contribution is -0.262. The zero-order valence-corrected chi connectivity index (χ0v) is 32.2. The number of carbonyl (C=O) groups is 7. The van der Waals surface area contributed by atoms with E-state index in [4.69, 9.17) is 18.9 Å². The van der Waals surface area contributed by atoms with E-state index < -0.39 is 115 Å². The molecular formula is C38H47N5O14. The number of aromatic hydroxyl groups is 1. The highest BCUT2D eigenvalue weighted by Crippen LogP contribution is 2.34. The number of carbonyl (C=O) groups excluding carboxylic acids is 7. The standard InChI is InChI=1S/C38H47N5O14/c1-37(2,3)56-34(52)24(15-20-11-13-21(44)14-12-20)54-35-29(43-32(50)22-9-7-8-10-23(22)33(43)51)31(49)30(48)25(55-35)16-39-26(45)17-40-27(46)18-41-28(47)19-42-36(53)57-38(4,5)6/h7-15,25,29-31,35,44,48-49H,16-19H2,1-6H3,(H,39,45)(H,40,46)(H,41,47)(H,42,53)/b24-15-/t25-,29-,30+,31-,35-/m1/s1. The van der Waals surface area contributed by atoms with Gasteiger partial charge in [-0.1, -0.05) is 24.3 Å². The van der Waals surface area contributed by atoms with Crippen molar-refractivity contribution in [3.63, 3.8) is 0 Å².